The molecule has 0 unspecified atom stereocenters. The Labute approximate surface area is 198 Å². The molecule has 5 rings (SSSR count). The van der Waals surface area contributed by atoms with Crippen molar-refractivity contribution in [1.29, 1.82) is 0 Å². The topological polar surface area (TPSA) is 88.4 Å². The van der Waals surface area contributed by atoms with Crippen LogP contribution in [0.2, 0.25) is 5.02 Å². The Morgan fingerprint density at radius 1 is 1.12 bits per heavy atom. The number of rotatable bonds is 5. The van der Waals surface area contributed by atoms with Gasteiger partial charge in [-0.15, -0.1) is 0 Å². The number of sulfonamides is 1. The van der Waals surface area contributed by atoms with E-state index in [2.05, 4.69) is 5.10 Å². The van der Waals surface area contributed by atoms with Crippen molar-refractivity contribution in [2.75, 3.05) is 26.2 Å². The second-order valence-electron chi connectivity index (χ2n) is 8.92. The highest BCUT2D eigenvalue weighted by atomic mass is 35.5. The maximum atomic E-state index is 13.5. The number of carbonyl (C=O) groups is 1. The van der Waals surface area contributed by atoms with Gasteiger partial charge in [0.25, 0.3) is 5.91 Å². The molecule has 1 aliphatic carbocycles. The van der Waals surface area contributed by atoms with Crippen LogP contribution < -0.4 is 0 Å². The number of pyridine rings is 1. The minimum absolute atomic E-state index is 0.0949. The number of benzene rings is 1. The maximum Gasteiger partial charge on any atom is 0.254 e. The first-order valence-corrected chi connectivity index (χ1v) is 13.0. The quantitative estimate of drug-likeness (QED) is 0.547. The van der Waals surface area contributed by atoms with Crippen LogP contribution >= 0.6 is 11.6 Å². The number of amides is 1. The van der Waals surface area contributed by atoms with E-state index >= 15 is 0 Å². The first kappa shape index (κ1) is 22.3. The predicted molar refractivity (Wildman–Crippen MR) is 126 cm³/mol. The van der Waals surface area contributed by atoms with E-state index in [-0.39, 0.29) is 35.0 Å². The zero-order chi connectivity index (χ0) is 23.3. The van der Waals surface area contributed by atoms with Crippen LogP contribution in [-0.2, 0) is 10.0 Å². The highest BCUT2D eigenvalue weighted by Crippen LogP contribution is 2.40. The lowest BCUT2D eigenvalue weighted by molar-refractivity contribution is 0.0699. The summed E-state index contributed by atoms with van der Waals surface area (Å²) in [7, 11) is -3.72. The number of halogens is 1. The van der Waals surface area contributed by atoms with Gasteiger partial charge in [-0.25, -0.2) is 18.1 Å². The van der Waals surface area contributed by atoms with Gasteiger partial charge in [-0.3, -0.25) is 4.79 Å². The van der Waals surface area contributed by atoms with Crippen LogP contribution in [0.3, 0.4) is 0 Å². The SMILES string of the molecule is CC(C)n1ncc2c(C(=O)N3CCN(S(=O)(=O)c4ccccc4Cl)CC3)cc(C3CC3)nc21. The first-order valence-electron chi connectivity index (χ1n) is 11.2. The maximum absolute atomic E-state index is 13.5. The average Bonchev–Trinajstić information content (AvgIpc) is 3.56. The monoisotopic (exact) mass is 487 g/mol. The molecule has 10 heteroatoms. The molecular formula is C23H26ClN5O3S. The number of hydrogen-bond acceptors (Lipinski definition) is 5. The Balaban J connectivity index is 1.40. The summed E-state index contributed by atoms with van der Waals surface area (Å²) in [5, 5.41) is 5.41. The van der Waals surface area contributed by atoms with E-state index in [1.165, 1.54) is 10.4 Å². The number of aromatic nitrogens is 3. The summed E-state index contributed by atoms with van der Waals surface area (Å²) in [5.74, 6) is 0.288. The molecule has 0 spiro atoms. The summed E-state index contributed by atoms with van der Waals surface area (Å²) in [6.07, 6.45) is 3.88. The third-order valence-electron chi connectivity index (χ3n) is 6.28. The van der Waals surface area contributed by atoms with Gasteiger partial charge in [0.05, 0.1) is 22.2 Å². The Morgan fingerprint density at radius 2 is 1.82 bits per heavy atom. The van der Waals surface area contributed by atoms with Gasteiger partial charge in [-0.2, -0.15) is 9.40 Å². The van der Waals surface area contributed by atoms with Crippen molar-refractivity contribution < 1.29 is 13.2 Å². The van der Waals surface area contributed by atoms with Crippen molar-refractivity contribution in [1.82, 2.24) is 24.0 Å². The van der Waals surface area contributed by atoms with E-state index in [0.717, 1.165) is 29.6 Å². The molecule has 1 aromatic carbocycles. The van der Waals surface area contributed by atoms with E-state index in [1.54, 1.807) is 29.3 Å². The fraction of sp³-hybridized carbons (Fsp3) is 0.435. The van der Waals surface area contributed by atoms with E-state index in [9.17, 15) is 13.2 Å². The summed E-state index contributed by atoms with van der Waals surface area (Å²) in [5.41, 5.74) is 2.27. The molecule has 2 aliphatic rings. The molecule has 0 bridgehead atoms. The highest BCUT2D eigenvalue weighted by Gasteiger charge is 2.33. The lowest BCUT2D eigenvalue weighted by Gasteiger charge is -2.34. The van der Waals surface area contributed by atoms with Gasteiger partial charge in [0.2, 0.25) is 10.0 Å². The normalized spacial score (nSPS) is 17.8. The van der Waals surface area contributed by atoms with Crippen LogP contribution in [-0.4, -0.2) is 64.5 Å². The molecule has 2 fully saturated rings. The zero-order valence-corrected chi connectivity index (χ0v) is 20.2. The molecular weight excluding hydrogens is 462 g/mol. The molecule has 0 atom stereocenters. The molecule has 3 aromatic rings. The van der Waals surface area contributed by atoms with Gasteiger partial charge < -0.3 is 4.90 Å². The van der Waals surface area contributed by atoms with Crippen LogP contribution in [0.4, 0.5) is 0 Å². The van der Waals surface area contributed by atoms with E-state index in [4.69, 9.17) is 16.6 Å². The van der Waals surface area contributed by atoms with Gasteiger partial charge in [-0.1, -0.05) is 23.7 Å². The fourth-order valence-electron chi connectivity index (χ4n) is 4.28. The average molecular weight is 488 g/mol. The summed E-state index contributed by atoms with van der Waals surface area (Å²) in [6, 6.07) is 8.46. The Hall–Kier alpha value is -2.49. The Bertz CT molecular complexity index is 1330. The fourth-order valence-corrected chi connectivity index (χ4v) is 6.19. The minimum atomic E-state index is -3.72. The van der Waals surface area contributed by atoms with Crippen LogP contribution in [0.25, 0.3) is 11.0 Å². The van der Waals surface area contributed by atoms with Crippen molar-refractivity contribution in [3.8, 4) is 0 Å². The summed E-state index contributed by atoms with van der Waals surface area (Å²) in [6.45, 7) is 5.13. The molecule has 1 amide bonds. The van der Waals surface area contributed by atoms with Crippen molar-refractivity contribution in [2.45, 2.75) is 43.5 Å². The number of carbonyl (C=O) groups excluding carboxylic acids is 1. The highest BCUT2D eigenvalue weighted by molar-refractivity contribution is 7.89. The molecule has 1 saturated heterocycles. The van der Waals surface area contributed by atoms with E-state index < -0.39 is 10.0 Å². The van der Waals surface area contributed by atoms with Gasteiger partial charge >= 0.3 is 0 Å². The summed E-state index contributed by atoms with van der Waals surface area (Å²) >= 11 is 6.13. The predicted octanol–water partition coefficient (Wildman–Crippen LogP) is 3.69. The van der Waals surface area contributed by atoms with Crippen molar-refractivity contribution in [2.24, 2.45) is 0 Å². The molecule has 8 nitrogen and oxygen atoms in total. The smallest absolute Gasteiger partial charge is 0.254 e. The minimum Gasteiger partial charge on any atom is -0.336 e. The van der Waals surface area contributed by atoms with Gasteiger partial charge in [-0.05, 0) is 44.9 Å². The Kier molecular flexibility index (Phi) is 5.66. The van der Waals surface area contributed by atoms with Crippen LogP contribution in [0.15, 0.2) is 41.4 Å². The molecule has 1 saturated carbocycles. The molecule has 33 heavy (non-hydrogen) atoms. The van der Waals surface area contributed by atoms with Gasteiger partial charge in [0, 0.05) is 43.8 Å². The number of hydrogen-bond donors (Lipinski definition) is 0. The van der Waals surface area contributed by atoms with Gasteiger partial charge in [0.15, 0.2) is 5.65 Å². The lowest BCUT2D eigenvalue weighted by Crippen LogP contribution is -2.50. The molecule has 0 N–H and O–H groups in total. The molecule has 174 valence electrons. The number of piperazine rings is 1. The van der Waals surface area contributed by atoms with Crippen LogP contribution in [0.1, 0.15) is 54.7 Å². The van der Waals surface area contributed by atoms with E-state index in [1.807, 2.05) is 24.6 Å². The molecule has 3 heterocycles. The number of fused-ring (bicyclic) bond motifs is 1. The number of nitrogens with zero attached hydrogens (tertiary/aromatic N) is 5. The van der Waals surface area contributed by atoms with Crippen molar-refractivity contribution >= 4 is 38.6 Å². The first-order chi connectivity index (χ1) is 15.8. The molecule has 0 radical (unpaired) electrons. The largest absolute Gasteiger partial charge is 0.336 e. The zero-order valence-electron chi connectivity index (χ0n) is 18.6. The summed E-state index contributed by atoms with van der Waals surface area (Å²) < 4.78 is 29.3. The molecule has 2 aromatic heterocycles. The van der Waals surface area contributed by atoms with Crippen molar-refractivity contribution in [3.63, 3.8) is 0 Å². The standard InChI is InChI=1S/C23H26ClN5O3S/c1-15(2)29-22-18(14-25-29)17(13-20(26-22)16-7-8-16)23(30)27-9-11-28(12-10-27)33(31,32)21-6-4-3-5-19(21)24/h3-6,13-16H,7-12H2,1-2H3. The Morgan fingerprint density at radius 3 is 2.45 bits per heavy atom. The van der Waals surface area contributed by atoms with Crippen LogP contribution in [0.5, 0.6) is 0 Å². The summed E-state index contributed by atoms with van der Waals surface area (Å²) in [4.78, 5) is 20.2. The lowest BCUT2D eigenvalue weighted by atomic mass is 10.1. The third-order valence-corrected chi connectivity index (χ3v) is 8.68. The third kappa shape index (κ3) is 4.02. The van der Waals surface area contributed by atoms with Crippen molar-refractivity contribution in [3.05, 3.63) is 52.8 Å². The second-order valence-corrected chi connectivity index (χ2v) is 11.2. The van der Waals surface area contributed by atoms with Gasteiger partial charge in [0.1, 0.15) is 4.90 Å². The van der Waals surface area contributed by atoms with E-state index in [0.29, 0.717) is 24.6 Å². The van der Waals surface area contributed by atoms with Crippen LogP contribution in [0, 0.1) is 0 Å². The second kappa shape index (κ2) is 8.38. The molecule has 1 aliphatic heterocycles.